The summed E-state index contributed by atoms with van der Waals surface area (Å²) in [7, 11) is 0. The van der Waals surface area contributed by atoms with Gasteiger partial charge in [-0.05, 0) is 24.1 Å². The highest BCUT2D eigenvalue weighted by atomic mass is 32.1. The Morgan fingerprint density at radius 3 is 2.88 bits per heavy atom. The van der Waals surface area contributed by atoms with Crippen molar-refractivity contribution in [1.29, 1.82) is 0 Å². The third-order valence-corrected chi connectivity index (χ3v) is 4.71. The van der Waals surface area contributed by atoms with Gasteiger partial charge in [0.05, 0.1) is 11.9 Å². The van der Waals surface area contributed by atoms with Crippen LogP contribution in [0.4, 0.5) is 0 Å². The number of benzene rings is 1. The highest BCUT2D eigenvalue weighted by molar-refractivity contribution is 7.15. The third-order valence-electron chi connectivity index (χ3n) is 3.94. The number of thiazole rings is 1. The van der Waals surface area contributed by atoms with Gasteiger partial charge in [-0.1, -0.05) is 18.2 Å². The largest absolute Gasteiger partial charge is 0.351 e. The Balaban J connectivity index is 1.40. The smallest absolute Gasteiger partial charge is 0.271 e. The maximum atomic E-state index is 12.3. The number of hydrogen-bond donors (Lipinski definition) is 1. The fraction of sp³-hybridized carbons (Fsp3) is 0.111. The maximum absolute atomic E-state index is 12.3. The van der Waals surface area contributed by atoms with Crippen molar-refractivity contribution >= 4 is 22.2 Å². The van der Waals surface area contributed by atoms with Crippen molar-refractivity contribution in [2.45, 2.75) is 6.42 Å². The van der Waals surface area contributed by atoms with Crippen LogP contribution in [0, 0.1) is 0 Å². The Labute approximate surface area is 152 Å². The van der Waals surface area contributed by atoms with Crippen molar-refractivity contribution in [3.05, 3.63) is 82.0 Å². The Bertz CT molecular complexity index is 1110. The summed E-state index contributed by atoms with van der Waals surface area (Å²) in [5.41, 5.74) is 1.66. The lowest BCUT2D eigenvalue weighted by Crippen LogP contribution is -2.32. The molecule has 7 nitrogen and oxygen atoms in total. The molecule has 0 unspecified atom stereocenters. The number of hydrogen-bond acceptors (Lipinski definition) is 5. The number of carbonyl (C=O) groups excluding carboxylic acids is 1. The molecular formula is C18H15N5O2S. The number of nitrogens with zero attached hydrogens (tertiary/aromatic N) is 4. The molecule has 8 heteroatoms. The van der Waals surface area contributed by atoms with E-state index < -0.39 is 5.91 Å². The first kappa shape index (κ1) is 16.2. The fourth-order valence-electron chi connectivity index (χ4n) is 2.61. The zero-order chi connectivity index (χ0) is 17.9. The minimum absolute atomic E-state index is 0.0425. The van der Waals surface area contributed by atoms with Gasteiger partial charge < -0.3 is 5.32 Å². The molecule has 0 bridgehead atoms. The van der Waals surface area contributed by atoms with Gasteiger partial charge in [0.2, 0.25) is 0 Å². The topological polar surface area (TPSA) is 81.3 Å². The van der Waals surface area contributed by atoms with Crippen molar-refractivity contribution in [3.8, 4) is 5.69 Å². The van der Waals surface area contributed by atoms with Crippen molar-refractivity contribution in [2.24, 2.45) is 0 Å². The van der Waals surface area contributed by atoms with E-state index in [1.54, 1.807) is 22.5 Å². The van der Waals surface area contributed by atoms with Gasteiger partial charge >= 0.3 is 0 Å². The summed E-state index contributed by atoms with van der Waals surface area (Å²) in [6, 6.07) is 9.80. The van der Waals surface area contributed by atoms with E-state index in [1.165, 1.54) is 21.9 Å². The number of aromatic nitrogens is 4. The van der Waals surface area contributed by atoms with Crippen LogP contribution in [0.1, 0.15) is 15.9 Å². The number of para-hydroxylation sites is 1. The molecule has 1 N–H and O–H groups in total. The zero-order valence-electron chi connectivity index (χ0n) is 13.7. The molecule has 4 aromatic rings. The van der Waals surface area contributed by atoms with E-state index >= 15 is 0 Å². The molecule has 4 rings (SSSR count). The van der Waals surface area contributed by atoms with Gasteiger partial charge in [-0.15, -0.1) is 11.3 Å². The summed E-state index contributed by atoms with van der Waals surface area (Å²) in [5.74, 6) is -0.418. The first-order valence-corrected chi connectivity index (χ1v) is 8.92. The predicted octanol–water partition coefficient (Wildman–Crippen LogP) is 1.91. The summed E-state index contributed by atoms with van der Waals surface area (Å²) in [6.45, 7) is 0.408. The number of rotatable bonds is 5. The summed E-state index contributed by atoms with van der Waals surface area (Å²) in [6.07, 6.45) is 7.26. The van der Waals surface area contributed by atoms with Gasteiger partial charge in [-0.3, -0.25) is 14.0 Å². The standard InChI is InChI=1S/C18H15N5O2S/c24-16(15-11-20-18-22(17(15)25)8-9-26-18)19-7-6-13-10-21-23(12-13)14-4-2-1-3-5-14/h1-5,8-12H,6-7H2,(H,19,24). The molecule has 0 saturated heterocycles. The molecule has 0 aliphatic heterocycles. The monoisotopic (exact) mass is 365 g/mol. The lowest BCUT2D eigenvalue weighted by molar-refractivity contribution is 0.0952. The average molecular weight is 365 g/mol. The SMILES string of the molecule is O=C(NCCc1cnn(-c2ccccc2)c1)c1cnc2sccn2c1=O. The van der Waals surface area contributed by atoms with Crippen LogP contribution in [0.3, 0.4) is 0 Å². The molecule has 0 radical (unpaired) electrons. The molecule has 0 atom stereocenters. The van der Waals surface area contributed by atoms with E-state index in [9.17, 15) is 9.59 Å². The van der Waals surface area contributed by atoms with Crippen molar-refractivity contribution in [1.82, 2.24) is 24.5 Å². The van der Waals surface area contributed by atoms with Crippen LogP contribution in [0.15, 0.2) is 65.3 Å². The third kappa shape index (κ3) is 3.14. The Kier molecular flexibility index (Phi) is 4.32. The van der Waals surface area contributed by atoms with Crippen LogP contribution < -0.4 is 10.9 Å². The average Bonchev–Trinajstić information content (AvgIpc) is 3.32. The molecule has 0 saturated carbocycles. The second-order valence-electron chi connectivity index (χ2n) is 5.67. The molecule has 3 heterocycles. The molecule has 0 aliphatic carbocycles. The van der Waals surface area contributed by atoms with E-state index in [2.05, 4.69) is 15.4 Å². The highest BCUT2D eigenvalue weighted by Gasteiger charge is 2.13. The molecule has 3 aromatic heterocycles. The second kappa shape index (κ2) is 6.93. The highest BCUT2D eigenvalue weighted by Crippen LogP contribution is 2.08. The number of fused-ring (bicyclic) bond motifs is 1. The van der Waals surface area contributed by atoms with E-state index in [0.717, 1.165) is 11.3 Å². The van der Waals surface area contributed by atoms with Gasteiger partial charge in [0.1, 0.15) is 5.56 Å². The predicted molar refractivity (Wildman–Crippen MR) is 98.9 cm³/mol. The molecule has 1 amide bonds. The molecule has 26 heavy (non-hydrogen) atoms. The first-order valence-electron chi connectivity index (χ1n) is 8.04. The number of amides is 1. The van der Waals surface area contributed by atoms with Crippen LogP contribution in [-0.4, -0.2) is 31.6 Å². The Morgan fingerprint density at radius 2 is 2.04 bits per heavy atom. The Hall–Kier alpha value is -3.26. The van der Waals surface area contributed by atoms with Crippen LogP contribution in [0.5, 0.6) is 0 Å². The normalized spacial score (nSPS) is 10.9. The van der Waals surface area contributed by atoms with Gasteiger partial charge in [-0.2, -0.15) is 5.10 Å². The summed E-state index contributed by atoms with van der Waals surface area (Å²) >= 11 is 1.35. The van der Waals surface area contributed by atoms with E-state index in [-0.39, 0.29) is 11.1 Å². The Morgan fingerprint density at radius 1 is 1.19 bits per heavy atom. The fourth-order valence-corrected chi connectivity index (χ4v) is 3.28. The lowest BCUT2D eigenvalue weighted by atomic mass is 10.2. The van der Waals surface area contributed by atoms with E-state index in [4.69, 9.17) is 0 Å². The zero-order valence-corrected chi connectivity index (χ0v) is 14.5. The lowest BCUT2D eigenvalue weighted by Gasteiger charge is -2.04. The van der Waals surface area contributed by atoms with Crippen molar-refractivity contribution in [2.75, 3.05) is 6.54 Å². The number of carbonyl (C=O) groups is 1. The van der Waals surface area contributed by atoms with Crippen LogP contribution >= 0.6 is 11.3 Å². The maximum Gasteiger partial charge on any atom is 0.271 e. The molecular weight excluding hydrogens is 350 g/mol. The van der Waals surface area contributed by atoms with Gasteiger partial charge in [0.15, 0.2) is 4.96 Å². The summed E-state index contributed by atoms with van der Waals surface area (Å²) in [4.78, 5) is 29.2. The van der Waals surface area contributed by atoms with Crippen molar-refractivity contribution < 1.29 is 4.79 Å². The van der Waals surface area contributed by atoms with Gasteiger partial charge in [0, 0.05) is 30.5 Å². The van der Waals surface area contributed by atoms with Crippen molar-refractivity contribution in [3.63, 3.8) is 0 Å². The molecule has 0 fully saturated rings. The quantitative estimate of drug-likeness (QED) is 0.586. The first-order chi connectivity index (χ1) is 12.7. The second-order valence-corrected chi connectivity index (χ2v) is 6.54. The number of nitrogens with one attached hydrogen (secondary N) is 1. The molecule has 130 valence electrons. The molecule has 1 aromatic carbocycles. The van der Waals surface area contributed by atoms with Crippen LogP contribution in [-0.2, 0) is 6.42 Å². The van der Waals surface area contributed by atoms with E-state index in [0.29, 0.717) is 17.9 Å². The van der Waals surface area contributed by atoms with Gasteiger partial charge in [0.25, 0.3) is 11.5 Å². The summed E-state index contributed by atoms with van der Waals surface area (Å²) < 4.78 is 3.17. The van der Waals surface area contributed by atoms with Crippen LogP contribution in [0.2, 0.25) is 0 Å². The van der Waals surface area contributed by atoms with Crippen LogP contribution in [0.25, 0.3) is 10.6 Å². The van der Waals surface area contributed by atoms with E-state index in [1.807, 2.05) is 36.5 Å². The van der Waals surface area contributed by atoms with Gasteiger partial charge in [-0.25, -0.2) is 9.67 Å². The molecule has 0 spiro atoms. The molecule has 0 aliphatic rings. The minimum Gasteiger partial charge on any atom is -0.351 e. The summed E-state index contributed by atoms with van der Waals surface area (Å²) in [5, 5.41) is 8.85. The minimum atomic E-state index is -0.418.